The number of amides is 1. The lowest BCUT2D eigenvalue weighted by molar-refractivity contribution is -0.164. The van der Waals surface area contributed by atoms with Crippen LogP contribution >= 0.6 is 11.3 Å². The standard InChI is InChI=1S/C24H23N3O2S/c1-15-4-9-21(16(2)12-15)29-23-22(19-7-5-18(13-25)6-8-19)27(24(23)28)11-10-20-14-30-17(3)26-20/h4-9,12,14,22-23H,10-11H2,1-3H3/t22-,23-/m0/s1. The molecule has 2 heterocycles. The zero-order valence-corrected chi connectivity index (χ0v) is 18.1. The maximum absolute atomic E-state index is 13.0. The number of nitriles is 1. The van der Waals surface area contributed by atoms with Gasteiger partial charge in [-0.3, -0.25) is 4.79 Å². The van der Waals surface area contributed by atoms with E-state index in [1.54, 1.807) is 23.5 Å². The molecular formula is C24H23N3O2S. The first-order valence-electron chi connectivity index (χ1n) is 9.91. The maximum Gasteiger partial charge on any atom is 0.266 e. The summed E-state index contributed by atoms with van der Waals surface area (Å²) in [5.74, 6) is 0.712. The van der Waals surface area contributed by atoms with Crippen molar-refractivity contribution in [2.75, 3.05) is 6.54 Å². The number of hydrogen-bond donors (Lipinski definition) is 0. The number of thiazole rings is 1. The molecular weight excluding hydrogens is 394 g/mol. The van der Waals surface area contributed by atoms with Gasteiger partial charge in [0.25, 0.3) is 5.91 Å². The van der Waals surface area contributed by atoms with Crippen LogP contribution in [0.5, 0.6) is 5.75 Å². The van der Waals surface area contributed by atoms with E-state index in [4.69, 9.17) is 10.00 Å². The lowest BCUT2D eigenvalue weighted by Gasteiger charge is -2.47. The van der Waals surface area contributed by atoms with Crippen LogP contribution in [-0.2, 0) is 11.2 Å². The fourth-order valence-corrected chi connectivity index (χ4v) is 4.46. The summed E-state index contributed by atoms with van der Waals surface area (Å²) in [4.78, 5) is 19.4. The second-order valence-electron chi connectivity index (χ2n) is 7.63. The lowest BCUT2D eigenvalue weighted by atomic mass is 9.89. The van der Waals surface area contributed by atoms with E-state index >= 15 is 0 Å². The highest BCUT2D eigenvalue weighted by molar-refractivity contribution is 7.09. The Labute approximate surface area is 180 Å². The summed E-state index contributed by atoms with van der Waals surface area (Å²) in [6.45, 7) is 6.59. The molecule has 30 heavy (non-hydrogen) atoms. The first kappa shape index (κ1) is 20.1. The van der Waals surface area contributed by atoms with E-state index in [2.05, 4.69) is 17.1 Å². The second-order valence-corrected chi connectivity index (χ2v) is 8.69. The number of hydrogen-bond acceptors (Lipinski definition) is 5. The normalized spacial score (nSPS) is 18.1. The molecule has 4 rings (SSSR count). The lowest BCUT2D eigenvalue weighted by Crippen LogP contribution is -2.61. The minimum absolute atomic E-state index is 0.0173. The molecule has 1 amide bonds. The Kier molecular flexibility index (Phi) is 5.56. The van der Waals surface area contributed by atoms with E-state index in [0.717, 1.165) is 33.1 Å². The topological polar surface area (TPSA) is 66.2 Å². The average molecular weight is 418 g/mol. The fourth-order valence-electron chi connectivity index (χ4n) is 3.82. The number of β-lactam (4-membered cyclic amide) rings is 1. The largest absolute Gasteiger partial charge is 0.478 e. The van der Waals surface area contributed by atoms with Gasteiger partial charge < -0.3 is 9.64 Å². The molecule has 6 heteroatoms. The van der Waals surface area contributed by atoms with Gasteiger partial charge in [-0.1, -0.05) is 29.8 Å². The van der Waals surface area contributed by atoms with Crippen molar-refractivity contribution in [3.8, 4) is 11.8 Å². The summed E-state index contributed by atoms with van der Waals surface area (Å²) >= 11 is 1.62. The number of ether oxygens (including phenoxy) is 1. The Morgan fingerprint density at radius 3 is 2.57 bits per heavy atom. The molecule has 1 aliphatic rings. The quantitative estimate of drug-likeness (QED) is 0.554. The Balaban J connectivity index is 1.58. The molecule has 0 aliphatic carbocycles. The molecule has 0 radical (unpaired) electrons. The van der Waals surface area contributed by atoms with Crippen LogP contribution in [0.1, 0.15) is 39.0 Å². The molecule has 2 aromatic carbocycles. The summed E-state index contributed by atoms with van der Waals surface area (Å²) in [7, 11) is 0. The van der Waals surface area contributed by atoms with Crippen molar-refractivity contribution in [2.45, 2.75) is 39.3 Å². The van der Waals surface area contributed by atoms with Gasteiger partial charge in [0.2, 0.25) is 6.10 Å². The second kappa shape index (κ2) is 8.29. The van der Waals surface area contributed by atoms with Crippen molar-refractivity contribution < 1.29 is 9.53 Å². The molecule has 5 nitrogen and oxygen atoms in total. The third-order valence-corrected chi connectivity index (χ3v) is 6.21. The summed E-state index contributed by atoms with van der Waals surface area (Å²) in [6, 6.07) is 15.3. The Morgan fingerprint density at radius 2 is 1.93 bits per heavy atom. The first-order valence-corrected chi connectivity index (χ1v) is 10.8. The molecule has 0 N–H and O–H groups in total. The minimum Gasteiger partial charge on any atom is -0.478 e. The molecule has 1 saturated heterocycles. The predicted octanol–water partition coefficient (Wildman–Crippen LogP) is 4.51. The third kappa shape index (κ3) is 3.94. The summed E-state index contributed by atoms with van der Waals surface area (Å²) in [5.41, 5.74) is 4.74. The minimum atomic E-state index is -0.573. The molecule has 0 spiro atoms. The zero-order chi connectivity index (χ0) is 21.3. The molecule has 152 valence electrons. The molecule has 0 saturated carbocycles. The van der Waals surface area contributed by atoms with Gasteiger partial charge in [0.15, 0.2) is 0 Å². The number of benzene rings is 2. The highest BCUT2D eigenvalue weighted by Crippen LogP contribution is 2.38. The molecule has 1 aromatic heterocycles. The fraction of sp³-hybridized carbons (Fsp3) is 0.292. The van der Waals surface area contributed by atoms with E-state index < -0.39 is 6.10 Å². The van der Waals surface area contributed by atoms with E-state index in [9.17, 15) is 4.79 Å². The van der Waals surface area contributed by atoms with Crippen molar-refractivity contribution in [1.82, 2.24) is 9.88 Å². The maximum atomic E-state index is 13.0. The van der Waals surface area contributed by atoms with Crippen molar-refractivity contribution in [3.63, 3.8) is 0 Å². The molecule has 0 bridgehead atoms. The van der Waals surface area contributed by atoms with E-state index in [0.29, 0.717) is 18.5 Å². The van der Waals surface area contributed by atoms with Gasteiger partial charge in [0.1, 0.15) is 11.8 Å². The summed E-state index contributed by atoms with van der Waals surface area (Å²) in [5, 5.41) is 12.2. The number of aromatic nitrogens is 1. The van der Waals surface area contributed by atoms with Gasteiger partial charge in [-0.2, -0.15) is 5.26 Å². The highest BCUT2D eigenvalue weighted by Gasteiger charge is 2.50. The van der Waals surface area contributed by atoms with Gasteiger partial charge in [-0.25, -0.2) is 4.98 Å². The number of likely N-dealkylation sites (tertiary alicyclic amines) is 1. The van der Waals surface area contributed by atoms with Gasteiger partial charge in [0, 0.05) is 18.3 Å². The van der Waals surface area contributed by atoms with E-state index in [-0.39, 0.29) is 11.9 Å². The van der Waals surface area contributed by atoms with Gasteiger partial charge in [-0.05, 0) is 50.1 Å². The van der Waals surface area contributed by atoms with Crippen LogP contribution in [0.2, 0.25) is 0 Å². The highest BCUT2D eigenvalue weighted by atomic mass is 32.1. The Morgan fingerprint density at radius 1 is 1.17 bits per heavy atom. The molecule has 1 fully saturated rings. The van der Waals surface area contributed by atoms with Crippen molar-refractivity contribution >= 4 is 17.2 Å². The number of nitrogens with zero attached hydrogens (tertiary/aromatic N) is 3. The number of aryl methyl sites for hydroxylation is 3. The van der Waals surface area contributed by atoms with Crippen LogP contribution in [0.3, 0.4) is 0 Å². The van der Waals surface area contributed by atoms with Gasteiger partial charge >= 0.3 is 0 Å². The Bertz CT molecular complexity index is 1110. The van der Waals surface area contributed by atoms with Gasteiger partial charge in [-0.15, -0.1) is 11.3 Å². The third-order valence-electron chi connectivity index (χ3n) is 5.39. The van der Waals surface area contributed by atoms with Crippen molar-refractivity contribution in [2.24, 2.45) is 0 Å². The predicted molar refractivity (Wildman–Crippen MR) is 116 cm³/mol. The number of carbonyl (C=O) groups excluding carboxylic acids is 1. The molecule has 3 aromatic rings. The van der Waals surface area contributed by atoms with Crippen LogP contribution < -0.4 is 4.74 Å². The van der Waals surface area contributed by atoms with Gasteiger partial charge in [0.05, 0.1) is 22.3 Å². The summed E-state index contributed by atoms with van der Waals surface area (Å²) < 4.78 is 6.19. The van der Waals surface area contributed by atoms with Crippen LogP contribution in [0.15, 0.2) is 47.8 Å². The smallest absolute Gasteiger partial charge is 0.266 e. The van der Waals surface area contributed by atoms with E-state index in [1.807, 2.05) is 55.3 Å². The number of rotatable bonds is 6. The Hall–Kier alpha value is -3.17. The van der Waals surface area contributed by atoms with Crippen molar-refractivity contribution in [3.05, 3.63) is 80.8 Å². The van der Waals surface area contributed by atoms with Crippen LogP contribution in [0.4, 0.5) is 0 Å². The number of carbonyl (C=O) groups is 1. The molecule has 1 aliphatic heterocycles. The molecule has 0 unspecified atom stereocenters. The van der Waals surface area contributed by atoms with Crippen LogP contribution in [0, 0.1) is 32.1 Å². The van der Waals surface area contributed by atoms with Crippen LogP contribution in [-0.4, -0.2) is 28.4 Å². The van der Waals surface area contributed by atoms with E-state index in [1.165, 1.54) is 0 Å². The zero-order valence-electron chi connectivity index (χ0n) is 17.3. The SMILES string of the molecule is Cc1ccc(O[C@@H]2C(=O)N(CCc3csc(C)n3)[C@H]2c2ccc(C#N)cc2)c(C)c1. The summed E-state index contributed by atoms with van der Waals surface area (Å²) in [6.07, 6.45) is 0.135. The van der Waals surface area contributed by atoms with Crippen molar-refractivity contribution in [1.29, 1.82) is 5.26 Å². The molecule has 2 atom stereocenters. The average Bonchev–Trinajstić information content (AvgIpc) is 3.16. The van der Waals surface area contributed by atoms with Crippen LogP contribution in [0.25, 0.3) is 0 Å². The first-order chi connectivity index (χ1) is 14.5. The monoisotopic (exact) mass is 417 g/mol.